The summed E-state index contributed by atoms with van der Waals surface area (Å²) in [7, 11) is 0. The van der Waals surface area contributed by atoms with Gasteiger partial charge in [-0.15, -0.1) is 0 Å². The van der Waals surface area contributed by atoms with Crippen molar-refractivity contribution < 1.29 is 18.9 Å². The number of hydrogen-bond donors (Lipinski definition) is 0. The van der Waals surface area contributed by atoms with E-state index in [-0.39, 0.29) is 12.2 Å². The lowest BCUT2D eigenvalue weighted by molar-refractivity contribution is -0.00141. The predicted molar refractivity (Wildman–Crippen MR) is 88.1 cm³/mol. The van der Waals surface area contributed by atoms with E-state index >= 15 is 0 Å². The van der Waals surface area contributed by atoms with Crippen LogP contribution in [0.1, 0.15) is 17.2 Å². The SMILES string of the molecule is c1ccc([C@H]2O[C@@H](Cc3ccc4c(c3)OCO4)[C@H]3COC[C@H]32)cc1. The van der Waals surface area contributed by atoms with Crippen LogP contribution in [0, 0.1) is 11.8 Å². The molecule has 2 aromatic rings. The maximum atomic E-state index is 6.49. The average molecular weight is 324 g/mol. The number of fused-ring (bicyclic) bond motifs is 2. The Hall–Kier alpha value is -2.04. The molecule has 5 rings (SSSR count). The fourth-order valence-electron chi connectivity index (χ4n) is 4.14. The van der Waals surface area contributed by atoms with Crippen molar-refractivity contribution in [2.24, 2.45) is 11.8 Å². The van der Waals surface area contributed by atoms with Crippen LogP contribution in [0.25, 0.3) is 0 Å². The zero-order valence-electron chi connectivity index (χ0n) is 13.4. The molecule has 0 radical (unpaired) electrons. The molecule has 124 valence electrons. The molecule has 0 aliphatic carbocycles. The average Bonchev–Trinajstić information content (AvgIpc) is 3.32. The highest BCUT2D eigenvalue weighted by molar-refractivity contribution is 5.44. The second-order valence-corrected chi connectivity index (χ2v) is 6.76. The van der Waals surface area contributed by atoms with Gasteiger partial charge in [-0.05, 0) is 29.7 Å². The molecule has 3 aliphatic heterocycles. The van der Waals surface area contributed by atoms with Crippen molar-refractivity contribution in [2.45, 2.75) is 18.6 Å². The summed E-state index contributed by atoms with van der Waals surface area (Å²) in [5.74, 6) is 2.58. The summed E-state index contributed by atoms with van der Waals surface area (Å²) < 4.78 is 23.2. The third kappa shape index (κ3) is 2.38. The maximum Gasteiger partial charge on any atom is 0.231 e. The fourth-order valence-corrected chi connectivity index (χ4v) is 4.14. The Balaban J connectivity index is 1.38. The molecule has 3 heterocycles. The molecule has 2 aromatic carbocycles. The Morgan fingerprint density at radius 3 is 2.62 bits per heavy atom. The van der Waals surface area contributed by atoms with Crippen molar-refractivity contribution in [3.8, 4) is 11.5 Å². The van der Waals surface area contributed by atoms with E-state index in [0.717, 1.165) is 31.1 Å². The van der Waals surface area contributed by atoms with Gasteiger partial charge in [-0.25, -0.2) is 0 Å². The van der Waals surface area contributed by atoms with E-state index in [9.17, 15) is 0 Å². The molecule has 0 spiro atoms. The van der Waals surface area contributed by atoms with Gasteiger partial charge in [0.25, 0.3) is 0 Å². The number of hydrogen-bond acceptors (Lipinski definition) is 4. The van der Waals surface area contributed by atoms with Crippen LogP contribution >= 0.6 is 0 Å². The van der Waals surface area contributed by atoms with E-state index < -0.39 is 0 Å². The maximum absolute atomic E-state index is 6.49. The number of rotatable bonds is 3. The van der Waals surface area contributed by atoms with E-state index in [1.54, 1.807) is 0 Å². The number of benzene rings is 2. The third-order valence-corrected chi connectivity index (χ3v) is 5.36. The van der Waals surface area contributed by atoms with Gasteiger partial charge in [0.05, 0.1) is 25.4 Å². The van der Waals surface area contributed by atoms with Gasteiger partial charge in [0, 0.05) is 11.8 Å². The molecule has 4 atom stereocenters. The second kappa shape index (κ2) is 5.80. The molecular formula is C20H20O4. The topological polar surface area (TPSA) is 36.9 Å². The summed E-state index contributed by atoms with van der Waals surface area (Å²) in [4.78, 5) is 0. The van der Waals surface area contributed by atoms with Crippen LogP contribution in [0.4, 0.5) is 0 Å². The smallest absolute Gasteiger partial charge is 0.231 e. The Labute approximate surface area is 141 Å². The van der Waals surface area contributed by atoms with Crippen molar-refractivity contribution in [1.82, 2.24) is 0 Å². The Kier molecular flexibility index (Phi) is 3.46. The van der Waals surface area contributed by atoms with Gasteiger partial charge in [0.1, 0.15) is 0 Å². The molecule has 4 heteroatoms. The lowest BCUT2D eigenvalue weighted by atomic mass is 9.86. The molecule has 0 amide bonds. The molecule has 4 nitrogen and oxygen atoms in total. The quantitative estimate of drug-likeness (QED) is 0.867. The molecule has 0 unspecified atom stereocenters. The van der Waals surface area contributed by atoms with Crippen LogP contribution in [0.3, 0.4) is 0 Å². The van der Waals surface area contributed by atoms with Crippen molar-refractivity contribution in [3.63, 3.8) is 0 Å². The minimum Gasteiger partial charge on any atom is -0.454 e. The van der Waals surface area contributed by atoms with Crippen LogP contribution in [0.15, 0.2) is 48.5 Å². The van der Waals surface area contributed by atoms with Gasteiger partial charge >= 0.3 is 0 Å². The summed E-state index contributed by atoms with van der Waals surface area (Å²) in [5.41, 5.74) is 2.48. The minimum absolute atomic E-state index is 0.137. The van der Waals surface area contributed by atoms with E-state index in [0.29, 0.717) is 18.6 Å². The van der Waals surface area contributed by atoms with Crippen molar-refractivity contribution >= 4 is 0 Å². The van der Waals surface area contributed by atoms with Gasteiger partial charge < -0.3 is 18.9 Å². The molecule has 24 heavy (non-hydrogen) atoms. The summed E-state index contributed by atoms with van der Waals surface area (Å²) in [6.07, 6.45) is 1.20. The lowest BCUT2D eigenvalue weighted by Crippen LogP contribution is -2.22. The van der Waals surface area contributed by atoms with Gasteiger partial charge in [0.15, 0.2) is 11.5 Å². The Morgan fingerprint density at radius 1 is 0.875 bits per heavy atom. The van der Waals surface area contributed by atoms with Crippen LogP contribution in [-0.2, 0) is 15.9 Å². The fraction of sp³-hybridized carbons (Fsp3) is 0.400. The van der Waals surface area contributed by atoms with Gasteiger partial charge in [-0.3, -0.25) is 0 Å². The van der Waals surface area contributed by atoms with E-state index in [1.165, 1.54) is 11.1 Å². The summed E-state index contributed by atoms with van der Waals surface area (Å²) >= 11 is 0. The first-order valence-electron chi connectivity index (χ1n) is 8.55. The van der Waals surface area contributed by atoms with Crippen molar-refractivity contribution in [2.75, 3.05) is 20.0 Å². The summed E-state index contributed by atoms with van der Waals surface area (Å²) in [6.45, 7) is 1.90. The van der Waals surface area contributed by atoms with Crippen molar-refractivity contribution in [3.05, 3.63) is 59.7 Å². The molecule has 0 saturated carbocycles. The zero-order chi connectivity index (χ0) is 15.9. The van der Waals surface area contributed by atoms with Gasteiger partial charge in [0.2, 0.25) is 6.79 Å². The normalized spacial score (nSPS) is 30.5. The lowest BCUT2D eigenvalue weighted by Gasteiger charge is -2.18. The molecule has 0 aromatic heterocycles. The monoisotopic (exact) mass is 324 g/mol. The Bertz CT molecular complexity index is 730. The van der Waals surface area contributed by atoms with Crippen LogP contribution in [-0.4, -0.2) is 26.1 Å². The van der Waals surface area contributed by atoms with Gasteiger partial charge in [-0.2, -0.15) is 0 Å². The summed E-state index contributed by atoms with van der Waals surface area (Å²) in [6, 6.07) is 16.7. The minimum atomic E-state index is 0.137. The molecule has 2 saturated heterocycles. The van der Waals surface area contributed by atoms with Crippen molar-refractivity contribution in [1.29, 1.82) is 0 Å². The first kappa shape index (κ1) is 14.3. The molecular weight excluding hydrogens is 304 g/mol. The summed E-state index contributed by atoms with van der Waals surface area (Å²) in [5, 5.41) is 0. The standard InChI is InChI=1S/C20H20O4/c1-2-4-14(5-3-1)20-16-11-21-10-15(16)18(24-20)8-13-6-7-17-19(9-13)23-12-22-17/h1-7,9,15-16,18,20H,8,10-12H2/t15-,16+,18-,20+/m0/s1. The largest absolute Gasteiger partial charge is 0.454 e. The molecule has 3 aliphatic rings. The van der Waals surface area contributed by atoms with Crippen LogP contribution in [0.2, 0.25) is 0 Å². The molecule has 0 bridgehead atoms. The highest BCUT2D eigenvalue weighted by atomic mass is 16.7. The first-order chi connectivity index (χ1) is 11.9. The molecule has 2 fully saturated rings. The van der Waals surface area contributed by atoms with Crippen LogP contribution < -0.4 is 9.47 Å². The van der Waals surface area contributed by atoms with Crippen LogP contribution in [0.5, 0.6) is 11.5 Å². The predicted octanol–water partition coefficient (Wildman–Crippen LogP) is 3.36. The zero-order valence-corrected chi connectivity index (χ0v) is 13.4. The third-order valence-electron chi connectivity index (χ3n) is 5.36. The highest BCUT2D eigenvalue weighted by Gasteiger charge is 2.48. The van der Waals surface area contributed by atoms with E-state index in [2.05, 4.69) is 36.4 Å². The first-order valence-corrected chi connectivity index (χ1v) is 8.55. The van der Waals surface area contributed by atoms with Gasteiger partial charge in [-0.1, -0.05) is 36.4 Å². The van der Waals surface area contributed by atoms with E-state index in [4.69, 9.17) is 18.9 Å². The number of ether oxygens (including phenoxy) is 4. The second-order valence-electron chi connectivity index (χ2n) is 6.76. The van der Waals surface area contributed by atoms with E-state index in [1.807, 2.05) is 12.1 Å². The Morgan fingerprint density at radius 2 is 1.71 bits per heavy atom. The highest BCUT2D eigenvalue weighted by Crippen LogP contribution is 2.46. The molecule has 0 N–H and O–H groups in total.